The topological polar surface area (TPSA) is 79.8 Å². The molecule has 6 nitrogen and oxygen atoms in total. The quantitative estimate of drug-likeness (QED) is 0.604. The zero-order valence-electron chi connectivity index (χ0n) is 13.7. The lowest BCUT2D eigenvalue weighted by molar-refractivity contribution is 0.0822. The standard InChI is InChI=1S/C16H25N3O3S2/c20-24(21)8-4-14(12-24)10-18-16(17-9-13-3-7-23-11-13)19-15-1-5-22-6-2-15/h3,7,11,14-15H,1-2,4-6,8-10,12H2,(H2,17,18,19). The first-order valence-electron chi connectivity index (χ1n) is 8.45. The zero-order valence-corrected chi connectivity index (χ0v) is 15.4. The van der Waals surface area contributed by atoms with Gasteiger partial charge in [0.15, 0.2) is 15.8 Å². The number of thiophene rings is 1. The Morgan fingerprint density at radius 2 is 2.17 bits per heavy atom. The van der Waals surface area contributed by atoms with E-state index in [4.69, 9.17) is 4.74 Å². The summed E-state index contributed by atoms with van der Waals surface area (Å²) in [6, 6.07) is 2.43. The van der Waals surface area contributed by atoms with Crippen molar-refractivity contribution in [3.63, 3.8) is 0 Å². The summed E-state index contributed by atoms with van der Waals surface area (Å²) in [5.74, 6) is 1.55. The number of nitrogens with one attached hydrogen (secondary N) is 2. The van der Waals surface area contributed by atoms with E-state index in [0.29, 0.717) is 24.9 Å². The second-order valence-electron chi connectivity index (χ2n) is 6.48. The predicted molar refractivity (Wildman–Crippen MR) is 97.2 cm³/mol. The molecule has 0 bridgehead atoms. The van der Waals surface area contributed by atoms with Crippen LogP contribution in [-0.4, -0.2) is 51.7 Å². The Balaban J connectivity index is 1.56. The summed E-state index contributed by atoms with van der Waals surface area (Å²) in [6.07, 6.45) is 2.68. The lowest BCUT2D eigenvalue weighted by Gasteiger charge is -2.25. The van der Waals surface area contributed by atoms with Crippen LogP contribution in [0.4, 0.5) is 0 Å². The Morgan fingerprint density at radius 1 is 1.33 bits per heavy atom. The van der Waals surface area contributed by atoms with Crippen LogP contribution in [0.15, 0.2) is 21.8 Å². The first kappa shape index (κ1) is 17.7. The minimum Gasteiger partial charge on any atom is -0.381 e. The highest BCUT2D eigenvalue weighted by Gasteiger charge is 2.28. The van der Waals surface area contributed by atoms with Crippen molar-refractivity contribution in [1.29, 1.82) is 0 Å². The number of guanidine groups is 1. The number of hydrogen-bond acceptors (Lipinski definition) is 5. The molecule has 0 aliphatic carbocycles. The first-order chi connectivity index (χ1) is 11.6. The Kier molecular flexibility index (Phi) is 6.13. The number of hydrogen-bond donors (Lipinski definition) is 2. The van der Waals surface area contributed by atoms with E-state index in [0.717, 1.165) is 38.4 Å². The van der Waals surface area contributed by atoms with Crippen LogP contribution in [0.3, 0.4) is 0 Å². The molecule has 2 N–H and O–H groups in total. The molecule has 1 unspecified atom stereocenters. The summed E-state index contributed by atoms with van der Waals surface area (Å²) in [4.78, 5) is 4.67. The van der Waals surface area contributed by atoms with Crippen molar-refractivity contribution in [3.8, 4) is 0 Å². The Morgan fingerprint density at radius 3 is 2.83 bits per heavy atom. The summed E-state index contributed by atoms with van der Waals surface area (Å²) in [7, 11) is -2.83. The highest BCUT2D eigenvalue weighted by molar-refractivity contribution is 7.91. The molecule has 8 heteroatoms. The van der Waals surface area contributed by atoms with Crippen LogP contribution < -0.4 is 10.6 Å². The molecular formula is C16H25N3O3S2. The summed E-state index contributed by atoms with van der Waals surface area (Å²) in [5, 5.41) is 11.0. The molecule has 1 atom stereocenters. The summed E-state index contributed by atoms with van der Waals surface area (Å²) in [5.41, 5.74) is 1.19. The third-order valence-electron chi connectivity index (χ3n) is 4.45. The third-order valence-corrected chi connectivity index (χ3v) is 7.02. The highest BCUT2D eigenvalue weighted by atomic mass is 32.2. The van der Waals surface area contributed by atoms with E-state index < -0.39 is 9.84 Å². The molecular weight excluding hydrogens is 346 g/mol. The van der Waals surface area contributed by atoms with Gasteiger partial charge in [-0.3, -0.25) is 0 Å². The molecule has 3 heterocycles. The van der Waals surface area contributed by atoms with Gasteiger partial charge in [-0.15, -0.1) is 0 Å². The molecule has 0 aromatic carbocycles. The first-order valence-corrected chi connectivity index (χ1v) is 11.2. The molecule has 1 aromatic rings. The van der Waals surface area contributed by atoms with Gasteiger partial charge in [-0.25, -0.2) is 13.4 Å². The van der Waals surface area contributed by atoms with E-state index in [-0.39, 0.29) is 11.7 Å². The van der Waals surface area contributed by atoms with Gasteiger partial charge < -0.3 is 15.4 Å². The van der Waals surface area contributed by atoms with Gasteiger partial charge in [0, 0.05) is 25.8 Å². The number of ether oxygens (including phenoxy) is 1. The summed E-state index contributed by atoms with van der Waals surface area (Å²) in [6.45, 7) is 2.83. The number of sulfone groups is 1. The van der Waals surface area contributed by atoms with Gasteiger partial charge in [-0.1, -0.05) is 0 Å². The van der Waals surface area contributed by atoms with Gasteiger partial charge in [-0.05, 0) is 47.6 Å². The molecule has 24 heavy (non-hydrogen) atoms. The predicted octanol–water partition coefficient (Wildman–Crippen LogP) is 1.40. The molecule has 0 amide bonds. The molecule has 2 saturated heterocycles. The van der Waals surface area contributed by atoms with Crippen molar-refractivity contribution < 1.29 is 13.2 Å². The van der Waals surface area contributed by atoms with Crippen LogP contribution in [-0.2, 0) is 21.1 Å². The SMILES string of the molecule is O=S1(=O)CCC(CNC(=NCc2ccsc2)NC2CCOCC2)C1. The van der Waals surface area contributed by atoms with Crippen molar-refractivity contribution >= 4 is 27.1 Å². The van der Waals surface area contributed by atoms with Gasteiger partial charge in [0.1, 0.15) is 0 Å². The van der Waals surface area contributed by atoms with E-state index >= 15 is 0 Å². The smallest absolute Gasteiger partial charge is 0.191 e. The number of aliphatic imine (C=N–C) groups is 1. The lowest BCUT2D eigenvalue weighted by atomic mass is 10.1. The maximum Gasteiger partial charge on any atom is 0.191 e. The van der Waals surface area contributed by atoms with E-state index in [1.165, 1.54) is 5.56 Å². The monoisotopic (exact) mass is 371 g/mol. The van der Waals surface area contributed by atoms with Gasteiger partial charge in [0.2, 0.25) is 0 Å². The molecule has 2 aliphatic rings. The molecule has 2 aliphatic heterocycles. The number of rotatable bonds is 5. The van der Waals surface area contributed by atoms with Crippen LogP contribution in [0.1, 0.15) is 24.8 Å². The van der Waals surface area contributed by atoms with Crippen LogP contribution in [0.2, 0.25) is 0 Å². The maximum absolute atomic E-state index is 11.6. The van der Waals surface area contributed by atoms with Crippen LogP contribution >= 0.6 is 11.3 Å². The van der Waals surface area contributed by atoms with Gasteiger partial charge in [0.25, 0.3) is 0 Å². The molecule has 0 saturated carbocycles. The van der Waals surface area contributed by atoms with Gasteiger partial charge in [0.05, 0.1) is 18.1 Å². The van der Waals surface area contributed by atoms with Crippen molar-refractivity contribution in [1.82, 2.24) is 10.6 Å². The Hall–Kier alpha value is -1.12. The average Bonchev–Trinajstić information content (AvgIpc) is 3.20. The second-order valence-corrected chi connectivity index (χ2v) is 9.49. The molecule has 134 valence electrons. The van der Waals surface area contributed by atoms with Crippen molar-refractivity contribution in [2.45, 2.75) is 31.8 Å². The van der Waals surface area contributed by atoms with E-state index in [1.54, 1.807) is 11.3 Å². The summed E-state index contributed by atoms with van der Waals surface area (Å²) < 4.78 is 28.6. The fourth-order valence-corrected chi connectivity index (χ4v) is 5.54. The minimum atomic E-state index is -2.83. The van der Waals surface area contributed by atoms with Crippen LogP contribution in [0, 0.1) is 5.92 Å². The lowest BCUT2D eigenvalue weighted by Crippen LogP contribution is -2.47. The highest BCUT2D eigenvalue weighted by Crippen LogP contribution is 2.17. The molecule has 0 radical (unpaired) electrons. The average molecular weight is 372 g/mol. The van der Waals surface area contributed by atoms with E-state index in [1.807, 2.05) is 5.38 Å². The minimum absolute atomic E-state index is 0.179. The van der Waals surface area contributed by atoms with Crippen molar-refractivity contribution in [2.75, 3.05) is 31.3 Å². The molecule has 0 spiro atoms. The maximum atomic E-state index is 11.6. The van der Waals surface area contributed by atoms with E-state index in [2.05, 4.69) is 27.1 Å². The zero-order chi connectivity index (χ0) is 16.8. The largest absolute Gasteiger partial charge is 0.381 e. The normalized spacial score (nSPS) is 24.8. The van der Waals surface area contributed by atoms with Crippen molar-refractivity contribution in [3.05, 3.63) is 22.4 Å². The fourth-order valence-electron chi connectivity index (χ4n) is 3.01. The Bertz CT molecular complexity index is 638. The second kappa shape index (κ2) is 8.31. The Labute approximate surface area is 147 Å². The summed E-state index contributed by atoms with van der Waals surface area (Å²) >= 11 is 1.67. The molecule has 3 rings (SSSR count). The fraction of sp³-hybridized carbons (Fsp3) is 0.688. The van der Waals surface area contributed by atoms with Crippen LogP contribution in [0.5, 0.6) is 0 Å². The molecule has 2 fully saturated rings. The van der Waals surface area contributed by atoms with Crippen LogP contribution in [0.25, 0.3) is 0 Å². The number of nitrogens with zero attached hydrogens (tertiary/aromatic N) is 1. The third kappa shape index (κ3) is 5.46. The van der Waals surface area contributed by atoms with Gasteiger partial charge >= 0.3 is 0 Å². The molecule has 1 aromatic heterocycles. The van der Waals surface area contributed by atoms with E-state index in [9.17, 15) is 8.42 Å². The van der Waals surface area contributed by atoms with Crippen molar-refractivity contribution in [2.24, 2.45) is 10.9 Å². The van der Waals surface area contributed by atoms with Gasteiger partial charge in [-0.2, -0.15) is 11.3 Å².